The molecule has 0 aromatic heterocycles. The highest BCUT2D eigenvalue weighted by atomic mass is 16.2. The molecule has 0 bridgehead atoms. The highest BCUT2D eigenvalue weighted by Gasteiger charge is 2.34. The zero-order valence-corrected chi connectivity index (χ0v) is 7.69. The smallest absolute Gasteiger partial charge is 0.253 e. The lowest BCUT2D eigenvalue weighted by molar-refractivity contribution is -0.118. The number of hydrogen-bond donors (Lipinski definition) is 2. The minimum Gasteiger partial charge on any atom is -0.367 e. The number of primary amides is 1. The number of benzene rings is 1. The highest BCUT2D eigenvalue weighted by Crippen LogP contribution is 2.16. The van der Waals surface area contributed by atoms with Gasteiger partial charge in [-0.25, -0.2) is 0 Å². The number of carbonyl (C=O) groups is 3. The van der Waals surface area contributed by atoms with Crippen LogP contribution >= 0.6 is 0 Å². The van der Waals surface area contributed by atoms with Crippen LogP contribution in [0.4, 0.5) is 0 Å². The lowest BCUT2D eigenvalue weighted by Crippen LogP contribution is -2.53. The van der Waals surface area contributed by atoms with E-state index in [4.69, 9.17) is 5.73 Å². The monoisotopic (exact) mass is 204 g/mol. The maximum atomic E-state index is 11.7. The molecular formula is C10H8N2O3. The topological polar surface area (TPSA) is 89.3 Å². The summed E-state index contributed by atoms with van der Waals surface area (Å²) in [6.07, 6.45) is 0. The van der Waals surface area contributed by atoms with Crippen molar-refractivity contribution in [1.29, 1.82) is 0 Å². The van der Waals surface area contributed by atoms with Crippen LogP contribution < -0.4 is 11.1 Å². The molecule has 0 aliphatic carbocycles. The first-order valence-corrected chi connectivity index (χ1v) is 4.34. The van der Waals surface area contributed by atoms with Gasteiger partial charge in [-0.1, -0.05) is 18.2 Å². The van der Waals surface area contributed by atoms with Crippen LogP contribution in [-0.2, 0) is 4.79 Å². The van der Waals surface area contributed by atoms with Gasteiger partial charge in [-0.2, -0.15) is 0 Å². The van der Waals surface area contributed by atoms with Gasteiger partial charge >= 0.3 is 0 Å². The van der Waals surface area contributed by atoms with Crippen LogP contribution in [0.1, 0.15) is 20.7 Å². The van der Waals surface area contributed by atoms with Crippen molar-refractivity contribution in [3.63, 3.8) is 0 Å². The minimum atomic E-state index is -1.24. The fourth-order valence-corrected chi connectivity index (χ4v) is 1.53. The predicted molar refractivity (Wildman–Crippen MR) is 51.2 cm³/mol. The zero-order chi connectivity index (χ0) is 11.0. The van der Waals surface area contributed by atoms with Gasteiger partial charge in [-0.3, -0.25) is 14.4 Å². The zero-order valence-electron chi connectivity index (χ0n) is 7.69. The quantitative estimate of drug-likeness (QED) is 0.602. The normalized spacial score (nSPS) is 19.3. The first-order chi connectivity index (χ1) is 7.11. The molecule has 5 heteroatoms. The average molecular weight is 204 g/mol. The number of rotatable bonds is 1. The second kappa shape index (κ2) is 3.20. The lowest BCUT2D eigenvalue weighted by atomic mass is 9.94. The SMILES string of the molecule is NC(=O)C1NC(=O)c2ccccc2C1=O. The van der Waals surface area contributed by atoms with Crippen LogP contribution in [0.3, 0.4) is 0 Å². The molecule has 0 fully saturated rings. The fraction of sp³-hybridized carbons (Fsp3) is 0.100. The molecule has 0 saturated heterocycles. The number of Topliss-reactive ketones (excluding diaryl/α,β-unsaturated/α-hetero) is 1. The Morgan fingerprint density at radius 3 is 2.40 bits per heavy atom. The van der Waals surface area contributed by atoms with E-state index < -0.39 is 23.6 Å². The molecule has 1 atom stereocenters. The van der Waals surface area contributed by atoms with Gasteiger partial charge in [0, 0.05) is 5.56 Å². The van der Waals surface area contributed by atoms with Gasteiger partial charge in [0.1, 0.15) is 0 Å². The van der Waals surface area contributed by atoms with E-state index in [1.165, 1.54) is 12.1 Å². The number of hydrogen-bond acceptors (Lipinski definition) is 3. The van der Waals surface area contributed by atoms with Crippen LogP contribution in [0.25, 0.3) is 0 Å². The summed E-state index contributed by atoms with van der Waals surface area (Å²) in [5.41, 5.74) is 5.52. The highest BCUT2D eigenvalue weighted by molar-refractivity contribution is 6.22. The van der Waals surface area contributed by atoms with Gasteiger partial charge in [-0.05, 0) is 6.07 Å². The van der Waals surface area contributed by atoms with Crippen LogP contribution in [0.5, 0.6) is 0 Å². The van der Waals surface area contributed by atoms with E-state index in [2.05, 4.69) is 5.32 Å². The Balaban J connectivity index is 2.53. The van der Waals surface area contributed by atoms with Crippen molar-refractivity contribution in [3.05, 3.63) is 35.4 Å². The molecule has 2 rings (SSSR count). The molecule has 1 aromatic carbocycles. The largest absolute Gasteiger partial charge is 0.367 e. The minimum absolute atomic E-state index is 0.241. The molecule has 0 saturated carbocycles. The third-order valence-corrected chi connectivity index (χ3v) is 2.26. The molecule has 1 aliphatic heterocycles. The van der Waals surface area contributed by atoms with Gasteiger partial charge in [0.15, 0.2) is 11.8 Å². The van der Waals surface area contributed by atoms with Crippen molar-refractivity contribution in [2.75, 3.05) is 0 Å². The Hall–Kier alpha value is -2.17. The summed E-state index contributed by atoms with van der Waals surface area (Å²) in [6, 6.07) is 5.07. The Labute approximate surface area is 85.3 Å². The van der Waals surface area contributed by atoms with Crippen molar-refractivity contribution in [3.8, 4) is 0 Å². The number of nitrogens with two attached hydrogens (primary N) is 1. The molecule has 1 heterocycles. The number of amides is 2. The van der Waals surface area contributed by atoms with E-state index in [1.807, 2.05) is 0 Å². The standard InChI is InChI=1S/C10H8N2O3/c11-9(14)7-8(13)5-3-1-2-4-6(5)10(15)12-7/h1-4,7H,(H2,11,14)(H,12,15). The third-order valence-electron chi connectivity index (χ3n) is 2.26. The first-order valence-electron chi connectivity index (χ1n) is 4.34. The summed E-state index contributed by atoms with van der Waals surface area (Å²) in [5, 5.41) is 2.26. The van der Waals surface area contributed by atoms with Gasteiger partial charge < -0.3 is 11.1 Å². The summed E-state index contributed by atoms with van der Waals surface area (Å²) >= 11 is 0. The van der Waals surface area contributed by atoms with Crippen molar-refractivity contribution >= 4 is 17.6 Å². The summed E-state index contributed by atoms with van der Waals surface area (Å²) in [6.45, 7) is 0. The molecule has 1 unspecified atom stereocenters. The maximum Gasteiger partial charge on any atom is 0.253 e. The first kappa shape index (κ1) is 9.39. The van der Waals surface area contributed by atoms with Crippen LogP contribution in [0.2, 0.25) is 0 Å². The third kappa shape index (κ3) is 1.38. The molecule has 0 spiro atoms. The van der Waals surface area contributed by atoms with Gasteiger partial charge in [0.05, 0.1) is 5.56 Å². The summed E-state index contributed by atoms with van der Waals surface area (Å²) in [7, 11) is 0. The molecule has 76 valence electrons. The van der Waals surface area contributed by atoms with E-state index in [9.17, 15) is 14.4 Å². The molecule has 1 aromatic rings. The number of fused-ring (bicyclic) bond motifs is 1. The number of ketones is 1. The Bertz CT molecular complexity index is 467. The van der Waals surface area contributed by atoms with Crippen LogP contribution in [-0.4, -0.2) is 23.6 Å². The number of nitrogens with one attached hydrogen (secondary N) is 1. The van der Waals surface area contributed by atoms with E-state index >= 15 is 0 Å². The molecule has 2 amide bonds. The van der Waals surface area contributed by atoms with Gasteiger partial charge in [-0.15, -0.1) is 0 Å². The summed E-state index contributed by atoms with van der Waals surface area (Å²) in [4.78, 5) is 34.1. The van der Waals surface area contributed by atoms with Gasteiger partial charge in [0.2, 0.25) is 5.91 Å². The van der Waals surface area contributed by atoms with Crippen LogP contribution in [0.15, 0.2) is 24.3 Å². The van der Waals surface area contributed by atoms with E-state index in [1.54, 1.807) is 12.1 Å². The molecule has 5 nitrogen and oxygen atoms in total. The van der Waals surface area contributed by atoms with E-state index in [0.717, 1.165) is 0 Å². The average Bonchev–Trinajstić information content (AvgIpc) is 2.23. The molecule has 3 N–H and O–H groups in total. The maximum absolute atomic E-state index is 11.7. The van der Waals surface area contributed by atoms with Crippen molar-refractivity contribution in [2.45, 2.75) is 6.04 Å². The Morgan fingerprint density at radius 2 is 1.80 bits per heavy atom. The molecule has 0 radical (unpaired) electrons. The van der Waals surface area contributed by atoms with E-state index in [0.29, 0.717) is 0 Å². The molecule has 1 aliphatic rings. The second-order valence-corrected chi connectivity index (χ2v) is 3.22. The predicted octanol–water partition coefficient (Wildman–Crippen LogP) is -0.533. The van der Waals surface area contributed by atoms with E-state index in [-0.39, 0.29) is 11.1 Å². The number of carbonyl (C=O) groups excluding carboxylic acids is 3. The summed E-state index contributed by atoms with van der Waals surface area (Å²) in [5.74, 6) is -1.76. The lowest BCUT2D eigenvalue weighted by Gasteiger charge is -2.21. The Kier molecular flexibility index (Phi) is 2.00. The van der Waals surface area contributed by atoms with Crippen molar-refractivity contribution in [1.82, 2.24) is 5.32 Å². The van der Waals surface area contributed by atoms with Crippen molar-refractivity contribution in [2.24, 2.45) is 5.73 Å². The van der Waals surface area contributed by atoms with Gasteiger partial charge in [0.25, 0.3) is 5.91 Å². The van der Waals surface area contributed by atoms with Crippen molar-refractivity contribution < 1.29 is 14.4 Å². The molecule has 15 heavy (non-hydrogen) atoms. The second-order valence-electron chi connectivity index (χ2n) is 3.22. The summed E-state index contributed by atoms with van der Waals surface area (Å²) < 4.78 is 0. The fourth-order valence-electron chi connectivity index (χ4n) is 1.53. The van der Waals surface area contributed by atoms with Crippen LogP contribution in [0, 0.1) is 0 Å². The Morgan fingerprint density at radius 1 is 1.20 bits per heavy atom. The molecular weight excluding hydrogens is 196 g/mol.